The molecular formula is C23H37NO7. The second kappa shape index (κ2) is 16.4. The summed E-state index contributed by atoms with van der Waals surface area (Å²) in [6.07, 6.45) is 3.34. The van der Waals surface area contributed by atoms with Gasteiger partial charge in [-0.1, -0.05) is 38.3 Å². The summed E-state index contributed by atoms with van der Waals surface area (Å²) in [6.45, 7) is 6.24. The minimum absolute atomic E-state index is 0.224. The molecule has 8 nitrogen and oxygen atoms in total. The van der Waals surface area contributed by atoms with Crippen LogP contribution >= 0.6 is 0 Å². The molecule has 1 aromatic rings. The molecule has 0 saturated heterocycles. The Kier molecular flexibility index (Phi) is 14.1. The quantitative estimate of drug-likeness (QED) is 0.369. The molecule has 1 rings (SSSR count). The molecule has 0 aromatic heterocycles. The van der Waals surface area contributed by atoms with Crippen molar-refractivity contribution in [2.24, 2.45) is 0 Å². The summed E-state index contributed by atoms with van der Waals surface area (Å²) in [4.78, 5) is 25.2. The van der Waals surface area contributed by atoms with E-state index in [1.807, 2.05) is 12.1 Å². The first kappa shape index (κ1) is 26.7. The Labute approximate surface area is 185 Å². The van der Waals surface area contributed by atoms with E-state index >= 15 is 0 Å². The van der Waals surface area contributed by atoms with Crippen LogP contribution in [-0.4, -0.2) is 74.8 Å². The smallest absolute Gasteiger partial charge is 0.409 e. The Morgan fingerprint density at radius 1 is 1.00 bits per heavy atom. The molecule has 176 valence electrons. The lowest BCUT2D eigenvalue weighted by atomic mass is 10.1. The Morgan fingerprint density at radius 3 is 2.35 bits per heavy atom. The molecule has 8 heteroatoms. The summed E-state index contributed by atoms with van der Waals surface area (Å²) >= 11 is 0. The molecule has 0 fully saturated rings. The van der Waals surface area contributed by atoms with E-state index in [9.17, 15) is 14.7 Å². The SMILES string of the molecule is CCCCCCN(CCOc1ccc(CC(OCC)C(=O)O)cc1)C(=O)OCCOC. The number of carbonyl (C=O) groups is 2. The van der Waals surface area contributed by atoms with Gasteiger partial charge in [-0.15, -0.1) is 0 Å². The van der Waals surface area contributed by atoms with Gasteiger partial charge in [-0.2, -0.15) is 0 Å². The Balaban J connectivity index is 2.52. The molecule has 0 saturated carbocycles. The highest BCUT2D eigenvalue weighted by molar-refractivity contribution is 5.72. The van der Waals surface area contributed by atoms with Crippen LogP contribution in [0, 0.1) is 0 Å². The average molecular weight is 440 g/mol. The van der Waals surface area contributed by atoms with E-state index in [0.29, 0.717) is 45.1 Å². The lowest BCUT2D eigenvalue weighted by Crippen LogP contribution is -2.36. The van der Waals surface area contributed by atoms with Gasteiger partial charge in [0, 0.05) is 26.7 Å². The number of unbranched alkanes of at least 4 members (excludes halogenated alkanes) is 3. The molecule has 1 amide bonds. The van der Waals surface area contributed by atoms with Gasteiger partial charge in [0.05, 0.1) is 13.2 Å². The Hall–Kier alpha value is -2.32. The third kappa shape index (κ3) is 11.6. The van der Waals surface area contributed by atoms with Gasteiger partial charge in [-0.25, -0.2) is 9.59 Å². The summed E-state index contributed by atoms with van der Waals surface area (Å²) in [7, 11) is 1.56. The number of carboxylic acid groups (broad SMARTS) is 1. The highest BCUT2D eigenvalue weighted by Gasteiger charge is 2.18. The van der Waals surface area contributed by atoms with Crippen LogP contribution in [0.3, 0.4) is 0 Å². The predicted octanol–water partition coefficient (Wildman–Crippen LogP) is 3.76. The first-order valence-electron chi connectivity index (χ1n) is 11.0. The van der Waals surface area contributed by atoms with Crippen molar-refractivity contribution in [2.75, 3.05) is 46.6 Å². The average Bonchev–Trinajstić information content (AvgIpc) is 2.76. The maximum Gasteiger partial charge on any atom is 0.409 e. The monoisotopic (exact) mass is 439 g/mol. The fourth-order valence-electron chi connectivity index (χ4n) is 2.96. The van der Waals surface area contributed by atoms with Gasteiger partial charge in [-0.05, 0) is 31.0 Å². The van der Waals surface area contributed by atoms with Gasteiger partial charge < -0.3 is 29.0 Å². The zero-order valence-electron chi connectivity index (χ0n) is 19.0. The van der Waals surface area contributed by atoms with Gasteiger partial charge in [-0.3, -0.25) is 0 Å². The molecule has 1 aromatic carbocycles. The zero-order valence-corrected chi connectivity index (χ0v) is 19.0. The maximum atomic E-state index is 12.3. The molecule has 1 unspecified atom stereocenters. The first-order chi connectivity index (χ1) is 15.0. The van der Waals surface area contributed by atoms with Crippen LogP contribution in [0.5, 0.6) is 5.75 Å². The van der Waals surface area contributed by atoms with E-state index in [4.69, 9.17) is 18.9 Å². The van der Waals surface area contributed by atoms with Crippen LogP contribution in [0.4, 0.5) is 4.79 Å². The van der Waals surface area contributed by atoms with Gasteiger partial charge in [0.25, 0.3) is 0 Å². The topological polar surface area (TPSA) is 94.5 Å². The highest BCUT2D eigenvalue weighted by atomic mass is 16.6. The minimum Gasteiger partial charge on any atom is -0.492 e. The fraction of sp³-hybridized carbons (Fsp3) is 0.652. The van der Waals surface area contributed by atoms with Crippen LogP contribution in [0.15, 0.2) is 24.3 Å². The number of carbonyl (C=O) groups excluding carboxylic acids is 1. The van der Waals surface area contributed by atoms with Crippen LogP contribution in [0.1, 0.15) is 45.1 Å². The number of methoxy groups -OCH3 is 1. The summed E-state index contributed by atoms with van der Waals surface area (Å²) in [5.41, 5.74) is 0.854. The molecule has 1 N–H and O–H groups in total. The third-order valence-corrected chi connectivity index (χ3v) is 4.67. The predicted molar refractivity (Wildman–Crippen MR) is 118 cm³/mol. The van der Waals surface area contributed by atoms with Crippen LogP contribution < -0.4 is 4.74 Å². The maximum absolute atomic E-state index is 12.3. The number of carboxylic acids is 1. The fourth-order valence-corrected chi connectivity index (χ4v) is 2.96. The molecule has 0 spiro atoms. The van der Waals surface area contributed by atoms with Gasteiger partial charge in [0.1, 0.15) is 19.0 Å². The van der Waals surface area contributed by atoms with E-state index in [1.54, 1.807) is 31.1 Å². The molecule has 1 atom stereocenters. The molecule has 0 bridgehead atoms. The molecule has 0 aliphatic heterocycles. The highest BCUT2D eigenvalue weighted by Crippen LogP contribution is 2.15. The number of amides is 1. The van der Waals surface area contributed by atoms with Crippen molar-refractivity contribution in [3.63, 3.8) is 0 Å². The standard InChI is InChI=1S/C23H37NO7/c1-4-6-7-8-13-24(23(27)31-17-16-28-3)14-15-30-20-11-9-19(10-12-20)18-21(22(25)26)29-5-2/h9-12,21H,4-8,13-18H2,1-3H3,(H,25,26). The van der Waals surface area contributed by atoms with E-state index in [0.717, 1.165) is 31.2 Å². The number of aliphatic carboxylic acids is 1. The molecular weight excluding hydrogens is 402 g/mol. The van der Waals surface area contributed by atoms with Crippen molar-refractivity contribution in [2.45, 2.75) is 52.1 Å². The van der Waals surface area contributed by atoms with Crippen molar-refractivity contribution >= 4 is 12.1 Å². The Bertz CT molecular complexity index is 621. The number of ether oxygens (including phenoxy) is 4. The number of hydrogen-bond acceptors (Lipinski definition) is 6. The third-order valence-electron chi connectivity index (χ3n) is 4.67. The summed E-state index contributed by atoms with van der Waals surface area (Å²) in [5.74, 6) is -0.315. The second-order valence-corrected chi connectivity index (χ2v) is 7.13. The summed E-state index contributed by atoms with van der Waals surface area (Å²) in [5, 5.41) is 9.19. The lowest BCUT2D eigenvalue weighted by Gasteiger charge is -2.22. The van der Waals surface area contributed by atoms with Crippen molar-refractivity contribution in [3.05, 3.63) is 29.8 Å². The van der Waals surface area contributed by atoms with Gasteiger partial charge in [0.2, 0.25) is 0 Å². The number of benzene rings is 1. The number of nitrogens with zero attached hydrogens (tertiary/aromatic N) is 1. The summed E-state index contributed by atoms with van der Waals surface area (Å²) in [6, 6.07) is 7.24. The zero-order chi connectivity index (χ0) is 22.9. The molecule has 0 aliphatic carbocycles. The molecule has 0 heterocycles. The normalized spacial score (nSPS) is 11.7. The number of rotatable bonds is 17. The van der Waals surface area contributed by atoms with E-state index in [2.05, 4.69) is 6.92 Å². The van der Waals surface area contributed by atoms with Crippen LogP contribution in [0.2, 0.25) is 0 Å². The number of hydrogen-bond donors (Lipinski definition) is 1. The largest absolute Gasteiger partial charge is 0.492 e. The molecule has 0 aliphatic rings. The van der Waals surface area contributed by atoms with Crippen LogP contribution in [-0.2, 0) is 25.4 Å². The Morgan fingerprint density at radius 2 is 1.74 bits per heavy atom. The lowest BCUT2D eigenvalue weighted by molar-refractivity contribution is -0.149. The van der Waals surface area contributed by atoms with Gasteiger partial charge in [0.15, 0.2) is 6.10 Å². The van der Waals surface area contributed by atoms with Crippen molar-refractivity contribution in [1.82, 2.24) is 4.90 Å². The minimum atomic E-state index is -0.974. The van der Waals surface area contributed by atoms with E-state index in [-0.39, 0.29) is 12.7 Å². The summed E-state index contributed by atoms with van der Waals surface area (Å²) < 4.78 is 21.2. The van der Waals surface area contributed by atoms with Crippen molar-refractivity contribution < 1.29 is 33.6 Å². The molecule has 0 radical (unpaired) electrons. The second-order valence-electron chi connectivity index (χ2n) is 7.13. The van der Waals surface area contributed by atoms with E-state index in [1.165, 1.54) is 0 Å². The van der Waals surface area contributed by atoms with E-state index < -0.39 is 12.1 Å². The first-order valence-corrected chi connectivity index (χ1v) is 11.0. The van der Waals surface area contributed by atoms with Crippen molar-refractivity contribution in [1.29, 1.82) is 0 Å². The van der Waals surface area contributed by atoms with Gasteiger partial charge >= 0.3 is 12.1 Å². The van der Waals surface area contributed by atoms with Crippen molar-refractivity contribution in [3.8, 4) is 5.75 Å². The van der Waals surface area contributed by atoms with Crippen LogP contribution in [0.25, 0.3) is 0 Å². The molecule has 31 heavy (non-hydrogen) atoms.